The Morgan fingerprint density at radius 1 is 0.475 bits per heavy atom. The van der Waals surface area contributed by atoms with E-state index in [0.717, 1.165) is 55.7 Å². The van der Waals surface area contributed by atoms with Gasteiger partial charge in [0.05, 0.1) is 5.52 Å². The molecule has 0 saturated carbocycles. The molecule has 6 aromatic carbocycles. The zero-order chi connectivity index (χ0) is 40.1. The third kappa shape index (κ3) is 9.50. The van der Waals surface area contributed by atoms with Gasteiger partial charge in [-0.1, -0.05) is 116 Å². The van der Waals surface area contributed by atoms with E-state index >= 15 is 0 Å². The van der Waals surface area contributed by atoms with Gasteiger partial charge in [-0.3, -0.25) is 0 Å². The number of aromatic nitrogens is 4. The molecule has 59 heavy (non-hydrogen) atoms. The Balaban J connectivity index is 0.000000321. The van der Waals surface area contributed by atoms with Gasteiger partial charge in [-0.15, -0.1) is 65.7 Å². The quantitative estimate of drug-likeness (QED) is 0.156. The molecule has 0 atom stereocenters. The van der Waals surface area contributed by atoms with Gasteiger partial charge in [0.15, 0.2) is 0 Å². The van der Waals surface area contributed by atoms with E-state index in [1.54, 1.807) is 6.33 Å². The molecule has 4 nitrogen and oxygen atoms in total. The van der Waals surface area contributed by atoms with Crippen LogP contribution in [0.15, 0.2) is 177 Å². The van der Waals surface area contributed by atoms with Crippen molar-refractivity contribution in [2.45, 2.75) is 40.0 Å². The van der Waals surface area contributed by atoms with Crippen LogP contribution < -0.4 is 0 Å². The molecule has 0 bridgehead atoms. The zero-order valence-corrected chi connectivity index (χ0v) is 36.3. The second-order valence-electron chi connectivity index (χ2n) is 15.6. The number of pyridine rings is 2. The Morgan fingerprint density at radius 2 is 1.14 bits per heavy atom. The molecule has 5 heteroatoms. The number of benzene rings is 6. The first-order valence-electron chi connectivity index (χ1n) is 19.6. The molecule has 0 aliphatic rings. The van der Waals surface area contributed by atoms with Crippen LogP contribution in [0.5, 0.6) is 0 Å². The molecule has 0 fully saturated rings. The second-order valence-corrected chi connectivity index (χ2v) is 15.6. The van der Waals surface area contributed by atoms with Gasteiger partial charge < -0.3 is 9.97 Å². The van der Waals surface area contributed by atoms with E-state index < -0.39 is 0 Å². The van der Waals surface area contributed by atoms with Crippen molar-refractivity contribution < 1.29 is 20.1 Å². The zero-order valence-electron chi connectivity index (χ0n) is 33.9. The van der Waals surface area contributed by atoms with E-state index in [-0.39, 0.29) is 25.5 Å². The largest absolute Gasteiger partial charge is 0.305 e. The van der Waals surface area contributed by atoms with Gasteiger partial charge >= 0.3 is 0 Å². The van der Waals surface area contributed by atoms with Crippen LogP contribution in [-0.4, -0.2) is 19.9 Å². The first-order valence-corrected chi connectivity index (χ1v) is 19.6. The molecule has 0 aliphatic heterocycles. The third-order valence-electron chi connectivity index (χ3n) is 10.3. The molecule has 0 amide bonds. The molecule has 0 spiro atoms. The maximum absolute atomic E-state index is 4.83. The summed E-state index contributed by atoms with van der Waals surface area (Å²) >= 11 is 0. The van der Waals surface area contributed by atoms with Gasteiger partial charge in [0, 0.05) is 44.1 Å². The molecule has 3 heterocycles. The summed E-state index contributed by atoms with van der Waals surface area (Å²) in [5.41, 5.74) is 17.7. The third-order valence-corrected chi connectivity index (χ3v) is 10.3. The predicted octanol–water partition coefficient (Wildman–Crippen LogP) is 13.6. The average molecular weight is 941 g/mol. The smallest absolute Gasteiger partial charge is 0.116 e. The maximum atomic E-state index is 4.83. The predicted molar refractivity (Wildman–Crippen MR) is 240 cm³/mol. The molecular weight excluding hydrogens is 897 g/mol. The van der Waals surface area contributed by atoms with Crippen LogP contribution in [0.4, 0.5) is 0 Å². The molecule has 0 aliphatic carbocycles. The maximum Gasteiger partial charge on any atom is 0.116 e. The summed E-state index contributed by atoms with van der Waals surface area (Å²) in [6.07, 6.45) is 7.29. The van der Waals surface area contributed by atoms with Gasteiger partial charge in [-0.05, 0) is 105 Å². The topological polar surface area (TPSA) is 51.6 Å². The van der Waals surface area contributed by atoms with Gasteiger partial charge in [-0.2, -0.15) is 0 Å². The number of hydrogen-bond acceptors (Lipinski definition) is 4. The monoisotopic (exact) mass is 941 g/mol. The molecule has 0 N–H and O–H groups in total. The molecule has 9 rings (SSSR count). The normalized spacial score (nSPS) is 11.0. The molecule has 291 valence electrons. The van der Waals surface area contributed by atoms with Crippen LogP contribution in [0, 0.1) is 26.0 Å². The Morgan fingerprint density at radius 3 is 1.85 bits per heavy atom. The van der Waals surface area contributed by atoms with Crippen LogP contribution in [0.2, 0.25) is 0 Å². The number of fused-ring (bicyclic) bond motifs is 1. The van der Waals surface area contributed by atoms with Crippen molar-refractivity contribution in [3.8, 4) is 67.0 Å². The fourth-order valence-corrected chi connectivity index (χ4v) is 7.12. The number of aryl methyl sites for hydroxylation is 2. The molecule has 0 saturated heterocycles. The van der Waals surface area contributed by atoms with Crippen LogP contribution in [0.3, 0.4) is 0 Å². The Kier molecular flexibility index (Phi) is 12.5. The Hall–Kier alpha value is -6.39. The number of rotatable bonds is 6. The van der Waals surface area contributed by atoms with E-state index in [1.165, 1.54) is 38.9 Å². The van der Waals surface area contributed by atoms with Crippen molar-refractivity contribution in [2.24, 2.45) is 0 Å². The van der Waals surface area contributed by atoms with Gasteiger partial charge in [0.2, 0.25) is 0 Å². The summed E-state index contributed by atoms with van der Waals surface area (Å²) in [5, 5.41) is 1.01. The van der Waals surface area contributed by atoms with Crippen LogP contribution in [0.1, 0.15) is 37.5 Å². The Labute approximate surface area is 361 Å². The number of hydrogen-bond donors (Lipinski definition) is 0. The minimum absolute atomic E-state index is 0. The fraction of sp³-hybridized carbons (Fsp3) is 0.111. The molecule has 0 unspecified atom stereocenters. The molecule has 3 aromatic heterocycles. The Bertz CT molecular complexity index is 2830. The van der Waals surface area contributed by atoms with Crippen molar-refractivity contribution >= 4 is 10.9 Å². The van der Waals surface area contributed by atoms with Crippen molar-refractivity contribution in [1.82, 2.24) is 19.9 Å². The van der Waals surface area contributed by atoms with Gasteiger partial charge in [0.25, 0.3) is 0 Å². The van der Waals surface area contributed by atoms with Crippen molar-refractivity contribution in [3.63, 3.8) is 0 Å². The van der Waals surface area contributed by atoms with Crippen LogP contribution in [0.25, 0.3) is 77.9 Å². The van der Waals surface area contributed by atoms with Gasteiger partial charge in [-0.25, -0.2) is 9.97 Å². The summed E-state index contributed by atoms with van der Waals surface area (Å²) in [7, 11) is 0. The first kappa shape index (κ1) is 40.8. The van der Waals surface area contributed by atoms with Crippen molar-refractivity contribution in [3.05, 3.63) is 205 Å². The van der Waals surface area contributed by atoms with E-state index in [1.807, 2.05) is 55.0 Å². The second kappa shape index (κ2) is 18.0. The molecular formula is C54H44IrN4-2. The summed E-state index contributed by atoms with van der Waals surface area (Å²) in [6.45, 7) is 10.8. The summed E-state index contributed by atoms with van der Waals surface area (Å²) in [4.78, 5) is 18.3. The minimum Gasteiger partial charge on any atom is -0.305 e. The van der Waals surface area contributed by atoms with Crippen LogP contribution >= 0.6 is 0 Å². The van der Waals surface area contributed by atoms with Crippen molar-refractivity contribution in [1.29, 1.82) is 0 Å². The minimum atomic E-state index is 0. The molecule has 9 aromatic rings. The number of nitrogens with zero attached hydrogens (tertiary/aromatic N) is 4. The van der Waals surface area contributed by atoms with E-state index in [4.69, 9.17) is 4.98 Å². The summed E-state index contributed by atoms with van der Waals surface area (Å²) < 4.78 is 0. The van der Waals surface area contributed by atoms with E-state index in [0.29, 0.717) is 0 Å². The first-order chi connectivity index (χ1) is 28.2. The summed E-state index contributed by atoms with van der Waals surface area (Å²) in [6, 6.07) is 59.5. The fourth-order valence-electron chi connectivity index (χ4n) is 7.12. The van der Waals surface area contributed by atoms with Crippen LogP contribution in [-0.2, 0) is 25.5 Å². The SMILES string of the molecule is Cc1ccc(-c2cc(-c3ccccc3)cc(-c3ccc(-c4cc[c-]c(-c5cc(C(C)(C)C)ccn5)c4)c4ncncc34)c2)cc1.Cc1ccnc(-c2[c-]cccc2)c1.[Ir]. The van der Waals surface area contributed by atoms with E-state index in [9.17, 15) is 0 Å². The van der Waals surface area contributed by atoms with Gasteiger partial charge in [0.1, 0.15) is 6.33 Å². The van der Waals surface area contributed by atoms with Crippen molar-refractivity contribution in [2.75, 3.05) is 0 Å². The van der Waals surface area contributed by atoms with E-state index in [2.05, 4.69) is 177 Å². The standard InChI is InChI=1S/C42H34N3.C12H10N.Ir/c1-28-13-15-30(16-14-28)34-22-33(29-9-6-5-7-10-29)23-35(24-34)37-17-18-38(41-39(37)26-43-27-45-41)31-11-8-12-32(21-31)40-25-36(19-20-44-40)42(2,3)4;1-10-7-8-13-12(9-10)11-5-3-2-4-6-11;/h5-11,13-27H,1-4H3;2-5,7-9H,1H3;/q2*-1;. The average Bonchev–Trinajstić information content (AvgIpc) is 3.27. The summed E-state index contributed by atoms with van der Waals surface area (Å²) in [5.74, 6) is 0. The molecule has 1 radical (unpaired) electrons.